The van der Waals surface area contributed by atoms with Crippen molar-refractivity contribution in [2.45, 2.75) is 0 Å². The minimum Gasteiger partial charge on any atom is -0.497 e. The molecule has 2 heterocycles. The van der Waals surface area contributed by atoms with Crippen molar-refractivity contribution in [2.24, 2.45) is 0 Å². The van der Waals surface area contributed by atoms with Crippen molar-refractivity contribution in [3.63, 3.8) is 0 Å². The molecule has 0 aliphatic rings. The molecule has 0 saturated heterocycles. The third-order valence-corrected chi connectivity index (χ3v) is 2.87. The first-order chi connectivity index (χ1) is 9.30. The number of hydrogen-bond donors (Lipinski definition) is 0. The number of hydrogen-bond acceptors (Lipinski definition) is 4. The van der Waals surface area contributed by atoms with E-state index in [0.717, 1.165) is 22.7 Å². The summed E-state index contributed by atoms with van der Waals surface area (Å²) in [4.78, 5) is 4.47. The van der Waals surface area contributed by atoms with E-state index < -0.39 is 0 Å². The number of aromatic nitrogens is 3. The Hall–Kier alpha value is -2.56. The summed E-state index contributed by atoms with van der Waals surface area (Å²) in [6.45, 7) is 0. The molecule has 96 valence electrons. The maximum atomic E-state index is 5.20. The van der Waals surface area contributed by atoms with Crippen molar-refractivity contribution in [2.75, 3.05) is 14.2 Å². The molecule has 5 nitrogen and oxygen atoms in total. The van der Waals surface area contributed by atoms with E-state index >= 15 is 0 Å². The number of nitrogens with zero attached hydrogens (tertiary/aromatic N) is 3. The second kappa shape index (κ2) is 4.61. The summed E-state index contributed by atoms with van der Waals surface area (Å²) in [5, 5.41) is 4.44. The van der Waals surface area contributed by atoms with Crippen LogP contribution in [-0.4, -0.2) is 28.8 Å². The highest BCUT2D eigenvalue weighted by atomic mass is 16.5. The van der Waals surface area contributed by atoms with Gasteiger partial charge in [0.2, 0.25) is 0 Å². The van der Waals surface area contributed by atoms with Crippen molar-refractivity contribution in [3.05, 3.63) is 42.6 Å². The molecule has 0 saturated carbocycles. The Labute approximate surface area is 110 Å². The first kappa shape index (κ1) is 11.5. The molecule has 5 heteroatoms. The Morgan fingerprint density at radius 3 is 2.63 bits per heavy atom. The summed E-state index contributed by atoms with van der Waals surface area (Å²) in [6.07, 6.45) is 1.80. The van der Waals surface area contributed by atoms with Crippen molar-refractivity contribution in [3.8, 4) is 22.9 Å². The van der Waals surface area contributed by atoms with E-state index in [2.05, 4.69) is 10.1 Å². The summed E-state index contributed by atoms with van der Waals surface area (Å²) in [6, 6.07) is 11.4. The molecule has 0 unspecified atom stereocenters. The van der Waals surface area contributed by atoms with Crippen molar-refractivity contribution < 1.29 is 9.47 Å². The third-order valence-electron chi connectivity index (χ3n) is 2.87. The molecule has 1 aromatic carbocycles. The zero-order valence-corrected chi connectivity index (χ0v) is 10.7. The van der Waals surface area contributed by atoms with Gasteiger partial charge in [0.25, 0.3) is 0 Å². The zero-order chi connectivity index (χ0) is 13.2. The smallest absolute Gasteiger partial charge is 0.182 e. The number of fused-ring (bicyclic) bond motifs is 1. The monoisotopic (exact) mass is 255 g/mol. The molecular weight excluding hydrogens is 242 g/mol. The lowest BCUT2D eigenvalue weighted by Crippen LogP contribution is -1.90. The molecule has 19 heavy (non-hydrogen) atoms. The summed E-state index contributed by atoms with van der Waals surface area (Å²) < 4.78 is 12.1. The Morgan fingerprint density at radius 2 is 1.84 bits per heavy atom. The Kier molecular flexibility index (Phi) is 2.79. The summed E-state index contributed by atoms with van der Waals surface area (Å²) >= 11 is 0. The van der Waals surface area contributed by atoms with Crippen LogP contribution in [0.4, 0.5) is 0 Å². The normalized spacial score (nSPS) is 10.6. The summed E-state index contributed by atoms with van der Waals surface area (Å²) in [5.41, 5.74) is 1.70. The zero-order valence-electron chi connectivity index (χ0n) is 10.7. The van der Waals surface area contributed by atoms with Gasteiger partial charge in [0, 0.05) is 5.56 Å². The molecule has 2 aromatic heterocycles. The molecule has 0 bridgehead atoms. The number of methoxy groups -OCH3 is 2. The molecule has 0 aliphatic carbocycles. The molecule has 0 atom stereocenters. The van der Waals surface area contributed by atoms with Crippen LogP contribution in [0.1, 0.15) is 0 Å². The second-order valence-corrected chi connectivity index (χ2v) is 4.04. The van der Waals surface area contributed by atoms with E-state index in [9.17, 15) is 0 Å². The quantitative estimate of drug-likeness (QED) is 0.721. The van der Waals surface area contributed by atoms with Gasteiger partial charge in [-0.3, -0.25) is 0 Å². The molecule has 3 rings (SSSR count). The highest BCUT2D eigenvalue weighted by Crippen LogP contribution is 2.22. The lowest BCUT2D eigenvalue weighted by molar-refractivity contribution is 0.411. The van der Waals surface area contributed by atoms with E-state index in [1.807, 2.05) is 36.4 Å². The van der Waals surface area contributed by atoms with Crippen LogP contribution in [-0.2, 0) is 0 Å². The minimum absolute atomic E-state index is 0.659. The maximum Gasteiger partial charge on any atom is 0.182 e. The maximum absolute atomic E-state index is 5.20. The Balaban J connectivity index is 2.09. The highest BCUT2D eigenvalue weighted by molar-refractivity contribution is 5.60. The number of ether oxygens (including phenoxy) is 2. The topological polar surface area (TPSA) is 48.7 Å². The van der Waals surface area contributed by atoms with Crippen LogP contribution in [0.2, 0.25) is 0 Å². The van der Waals surface area contributed by atoms with Gasteiger partial charge in [-0.2, -0.15) is 0 Å². The van der Waals surface area contributed by atoms with Gasteiger partial charge in [-0.05, 0) is 24.3 Å². The van der Waals surface area contributed by atoms with Crippen LogP contribution in [0.25, 0.3) is 17.0 Å². The standard InChI is InChI=1S/C14H13N3O2/c1-18-11-5-3-4-10(8-11)14-15-13-7-6-12(19-2)9-17(13)16-14/h3-9H,1-2H3. The molecule has 0 radical (unpaired) electrons. The van der Waals surface area contributed by atoms with E-state index in [4.69, 9.17) is 9.47 Å². The van der Waals surface area contributed by atoms with Crippen LogP contribution in [0.3, 0.4) is 0 Å². The Bertz CT molecular complexity index is 722. The van der Waals surface area contributed by atoms with Crippen LogP contribution < -0.4 is 9.47 Å². The molecule has 3 aromatic rings. The summed E-state index contributed by atoms with van der Waals surface area (Å²) in [5.74, 6) is 2.19. The van der Waals surface area contributed by atoms with E-state index in [0.29, 0.717) is 5.82 Å². The predicted octanol–water partition coefficient (Wildman–Crippen LogP) is 2.41. The lowest BCUT2D eigenvalue weighted by atomic mass is 10.2. The van der Waals surface area contributed by atoms with E-state index in [-0.39, 0.29) is 0 Å². The highest BCUT2D eigenvalue weighted by Gasteiger charge is 2.07. The van der Waals surface area contributed by atoms with Gasteiger partial charge in [0.1, 0.15) is 11.5 Å². The van der Waals surface area contributed by atoms with E-state index in [1.54, 1.807) is 24.9 Å². The minimum atomic E-state index is 0.659. The van der Waals surface area contributed by atoms with Crippen LogP contribution in [0.5, 0.6) is 11.5 Å². The summed E-state index contributed by atoms with van der Waals surface area (Å²) in [7, 11) is 3.27. The molecule has 0 N–H and O–H groups in total. The Morgan fingerprint density at radius 1 is 1.00 bits per heavy atom. The van der Waals surface area contributed by atoms with Gasteiger partial charge in [0.05, 0.1) is 20.4 Å². The van der Waals surface area contributed by atoms with Crippen LogP contribution in [0, 0.1) is 0 Å². The molecule has 0 amide bonds. The van der Waals surface area contributed by atoms with Crippen molar-refractivity contribution in [1.29, 1.82) is 0 Å². The van der Waals surface area contributed by atoms with Gasteiger partial charge < -0.3 is 9.47 Å². The molecule has 0 fully saturated rings. The van der Waals surface area contributed by atoms with Crippen molar-refractivity contribution >= 4 is 5.65 Å². The average molecular weight is 255 g/mol. The average Bonchev–Trinajstić information content (AvgIpc) is 2.90. The fraction of sp³-hybridized carbons (Fsp3) is 0.143. The molecule has 0 spiro atoms. The lowest BCUT2D eigenvalue weighted by Gasteiger charge is -2.00. The van der Waals surface area contributed by atoms with Crippen LogP contribution >= 0.6 is 0 Å². The third kappa shape index (κ3) is 2.10. The largest absolute Gasteiger partial charge is 0.497 e. The first-order valence-electron chi connectivity index (χ1n) is 5.85. The van der Waals surface area contributed by atoms with Gasteiger partial charge in [-0.1, -0.05) is 12.1 Å². The van der Waals surface area contributed by atoms with Gasteiger partial charge in [-0.15, -0.1) is 5.10 Å². The number of pyridine rings is 1. The SMILES string of the molecule is COc1cccc(-c2nc3ccc(OC)cn3n2)c1. The van der Waals surface area contributed by atoms with Gasteiger partial charge >= 0.3 is 0 Å². The molecule has 0 aliphatic heterocycles. The number of rotatable bonds is 3. The fourth-order valence-electron chi connectivity index (χ4n) is 1.87. The van der Waals surface area contributed by atoms with Crippen LogP contribution in [0.15, 0.2) is 42.6 Å². The van der Waals surface area contributed by atoms with Gasteiger partial charge in [-0.25, -0.2) is 9.50 Å². The first-order valence-corrected chi connectivity index (χ1v) is 5.85. The fourth-order valence-corrected chi connectivity index (χ4v) is 1.87. The van der Waals surface area contributed by atoms with Crippen molar-refractivity contribution in [1.82, 2.24) is 14.6 Å². The predicted molar refractivity (Wildman–Crippen MR) is 71.5 cm³/mol. The van der Waals surface area contributed by atoms with E-state index in [1.165, 1.54) is 0 Å². The second-order valence-electron chi connectivity index (χ2n) is 4.04. The molecular formula is C14H13N3O2. The number of benzene rings is 1. The van der Waals surface area contributed by atoms with Gasteiger partial charge in [0.15, 0.2) is 11.5 Å².